The quantitative estimate of drug-likeness (QED) is 0.730. The zero-order valence-electron chi connectivity index (χ0n) is 18.2. The van der Waals surface area contributed by atoms with Gasteiger partial charge in [-0.05, 0) is 58.6 Å². The van der Waals surface area contributed by atoms with Crippen molar-refractivity contribution in [2.45, 2.75) is 71.6 Å². The van der Waals surface area contributed by atoms with Gasteiger partial charge in [0.2, 0.25) is 5.91 Å². The lowest BCUT2D eigenvalue weighted by atomic mass is 9.95. The normalized spacial score (nSPS) is 20.4. The zero-order chi connectivity index (χ0) is 21.0. The second-order valence-corrected chi connectivity index (χ2v) is 7.89. The smallest absolute Gasteiger partial charge is 0.297 e. The molecule has 0 saturated heterocycles. The molecule has 1 heterocycles. The monoisotopic (exact) mass is 403 g/mol. The van der Waals surface area contributed by atoms with Gasteiger partial charge < -0.3 is 19.5 Å². The van der Waals surface area contributed by atoms with Crippen molar-refractivity contribution in [1.29, 1.82) is 0 Å². The highest BCUT2D eigenvalue weighted by Gasteiger charge is 2.25. The topological polar surface area (TPSA) is 74.6 Å². The van der Waals surface area contributed by atoms with E-state index in [1.165, 1.54) is 6.92 Å². The Hall–Kier alpha value is -2.28. The van der Waals surface area contributed by atoms with E-state index in [0.717, 1.165) is 48.0 Å². The van der Waals surface area contributed by atoms with E-state index in [0.29, 0.717) is 19.2 Å². The van der Waals surface area contributed by atoms with Crippen LogP contribution in [0.5, 0.6) is 11.8 Å². The van der Waals surface area contributed by atoms with Crippen LogP contribution in [0.15, 0.2) is 12.1 Å². The predicted octanol–water partition coefficient (Wildman–Crippen LogP) is 3.51. The Morgan fingerprint density at radius 2 is 1.97 bits per heavy atom. The molecule has 0 aliphatic heterocycles. The summed E-state index contributed by atoms with van der Waals surface area (Å²) in [7, 11) is 1.99. The number of amides is 1. The molecule has 1 atom stereocenters. The summed E-state index contributed by atoms with van der Waals surface area (Å²) < 4.78 is 19.9. The molecule has 29 heavy (non-hydrogen) atoms. The molecule has 1 fully saturated rings. The van der Waals surface area contributed by atoms with Crippen LogP contribution in [0.4, 0.5) is 0 Å². The van der Waals surface area contributed by atoms with Gasteiger partial charge >= 0.3 is 0 Å². The molecule has 7 nitrogen and oxygen atoms in total. The molecular weight excluding hydrogens is 370 g/mol. The average Bonchev–Trinajstić information content (AvgIpc) is 2.99. The first kappa shape index (κ1) is 21.4. The molecule has 0 spiro atoms. The molecule has 0 unspecified atom stereocenters. The molecule has 3 rings (SSSR count). The van der Waals surface area contributed by atoms with E-state index in [2.05, 4.69) is 17.2 Å². The van der Waals surface area contributed by atoms with E-state index in [9.17, 15) is 4.79 Å². The molecule has 1 aromatic heterocycles. The van der Waals surface area contributed by atoms with E-state index in [1.807, 2.05) is 37.6 Å². The Balaban J connectivity index is 1.56. The number of fused-ring (bicyclic) bond motifs is 1. The van der Waals surface area contributed by atoms with Gasteiger partial charge in [-0.1, -0.05) is 0 Å². The third kappa shape index (κ3) is 5.21. The highest BCUT2D eigenvalue weighted by molar-refractivity contribution is 5.82. The summed E-state index contributed by atoms with van der Waals surface area (Å²) in [5, 5.41) is 2.85. The summed E-state index contributed by atoms with van der Waals surface area (Å²) in [6, 6.07) is 4.65. The lowest BCUT2D eigenvalue weighted by molar-refractivity contribution is -0.120. The number of hydrogen-bond acceptors (Lipinski definition) is 5. The minimum Gasteiger partial charge on any atom is -0.494 e. The van der Waals surface area contributed by atoms with Crippen molar-refractivity contribution in [2.75, 3.05) is 13.2 Å². The number of carbonyl (C=O) groups excluding carboxylic acids is 1. The van der Waals surface area contributed by atoms with Gasteiger partial charge in [-0.2, -0.15) is 4.98 Å². The molecule has 1 aromatic carbocycles. The molecule has 1 aliphatic rings. The van der Waals surface area contributed by atoms with Crippen molar-refractivity contribution in [3.05, 3.63) is 17.7 Å². The van der Waals surface area contributed by atoms with Crippen LogP contribution in [0.25, 0.3) is 11.0 Å². The van der Waals surface area contributed by atoms with Crippen LogP contribution in [-0.2, 0) is 16.6 Å². The maximum Gasteiger partial charge on any atom is 0.297 e. The molecule has 160 valence electrons. The van der Waals surface area contributed by atoms with Gasteiger partial charge in [-0.25, -0.2) is 0 Å². The van der Waals surface area contributed by atoms with Crippen molar-refractivity contribution < 1.29 is 19.0 Å². The largest absolute Gasteiger partial charge is 0.494 e. The third-order valence-electron chi connectivity index (χ3n) is 5.42. The number of hydrogen-bond donors (Lipinski definition) is 1. The van der Waals surface area contributed by atoms with Crippen molar-refractivity contribution in [2.24, 2.45) is 7.05 Å². The van der Waals surface area contributed by atoms with Gasteiger partial charge in [-0.15, -0.1) is 0 Å². The second-order valence-electron chi connectivity index (χ2n) is 7.89. The summed E-state index contributed by atoms with van der Waals surface area (Å²) >= 11 is 0. The van der Waals surface area contributed by atoms with Crippen molar-refractivity contribution in [3.63, 3.8) is 0 Å². The van der Waals surface area contributed by atoms with Crippen molar-refractivity contribution in [3.8, 4) is 11.8 Å². The Kier molecular flexibility index (Phi) is 7.00. The fraction of sp³-hybridized carbons (Fsp3) is 0.636. The summed E-state index contributed by atoms with van der Waals surface area (Å²) in [6.45, 7) is 8.72. The first-order valence-electron chi connectivity index (χ1n) is 10.5. The standard InChI is InChI=1S/C22H33N3O4/c1-6-27-20-12-11-19-21(15(20)3)25(5)22(24-19)29-18-9-7-17(8-10-18)28-13-14(2)23-16(4)26/h11-12,14,17-18H,6-10,13H2,1-5H3,(H,23,26)/t14-,17?,18?/m0/s1. The summed E-state index contributed by atoms with van der Waals surface area (Å²) in [6.07, 6.45) is 4.15. The molecule has 0 radical (unpaired) electrons. The molecule has 1 amide bonds. The first-order valence-corrected chi connectivity index (χ1v) is 10.5. The summed E-state index contributed by atoms with van der Waals surface area (Å²) in [4.78, 5) is 15.8. The number of imidazole rings is 1. The number of benzene rings is 1. The van der Waals surface area contributed by atoms with E-state index >= 15 is 0 Å². The van der Waals surface area contributed by atoms with Crippen molar-refractivity contribution in [1.82, 2.24) is 14.9 Å². The number of carbonyl (C=O) groups is 1. The van der Waals surface area contributed by atoms with E-state index in [1.54, 1.807) is 0 Å². The SMILES string of the molecule is CCOc1ccc2nc(OC3CCC(OC[C@H](C)NC(C)=O)CC3)n(C)c2c1C. The number of nitrogens with zero attached hydrogens (tertiary/aromatic N) is 2. The lowest BCUT2D eigenvalue weighted by Crippen LogP contribution is -2.37. The predicted molar refractivity (Wildman–Crippen MR) is 113 cm³/mol. The minimum absolute atomic E-state index is 0.0238. The Morgan fingerprint density at radius 3 is 2.62 bits per heavy atom. The number of aryl methyl sites for hydroxylation is 2. The van der Waals surface area contributed by atoms with Crippen LogP contribution in [0.3, 0.4) is 0 Å². The van der Waals surface area contributed by atoms with Crippen molar-refractivity contribution >= 4 is 16.9 Å². The fourth-order valence-electron chi connectivity index (χ4n) is 4.01. The molecular formula is C22H33N3O4. The Labute approximate surface area is 172 Å². The average molecular weight is 404 g/mol. The summed E-state index contributed by atoms with van der Waals surface area (Å²) in [5.41, 5.74) is 3.06. The van der Waals surface area contributed by atoms with Gasteiger partial charge in [0, 0.05) is 25.6 Å². The number of ether oxygens (including phenoxy) is 3. The van der Waals surface area contributed by atoms with E-state index in [-0.39, 0.29) is 24.2 Å². The molecule has 1 saturated carbocycles. The zero-order valence-corrected chi connectivity index (χ0v) is 18.2. The molecule has 1 aliphatic carbocycles. The van der Waals surface area contributed by atoms with Gasteiger partial charge in [0.1, 0.15) is 11.9 Å². The first-order chi connectivity index (χ1) is 13.9. The highest BCUT2D eigenvalue weighted by atomic mass is 16.5. The van der Waals surface area contributed by atoms with Gasteiger partial charge in [0.15, 0.2) is 0 Å². The van der Waals surface area contributed by atoms with Gasteiger partial charge in [0.05, 0.1) is 30.4 Å². The number of rotatable bonds is 8. The van der Waals surface area contributed by atoms with Gasteiger partial charge in [-0.3, -0.25) is 9.36 Å². The third-order valence-corrected chi connectivity index (χ3v) is 5.42. The second kappa shape index (κ2) is 9.48. The van der Waals surface area contributed by atoms with Crippen LogP contribution < -0.4 is 14.8 Å². The van der Waals surface area contributed by atoms with Crippen LogP contribution in [0.2, 0.25) is 0 Å². The minimum atomic E-state index is -0.0238. The maximum absolute atomic E-state index is 11.1. The fourth-order valence-corrected chi connectivity index (χ4v) is 4.01. The van der Waals surface area contributed by atoms with Gasteiger partial charge in [0.25, 0.3) is 6.01 Å². The van der Waals surface area contributed by atoms with E-state index in [4.69, 9.17) is 14.2 Å². The highest BCUT2D eigenvalue weighted by Crippen LogP contribution is 2.31. The van der Waals surface area contributed by atoms with Crippen LogP contribution >= 0.6 is 0 Å². The molecule has 1 N–H and O–H groups in total. The molecule has 7 heteroatoms. The number of nitrogens with one attached hydrogen (secondary N) is 1. The van der Waals surface area contributed by atoms with Crippen LogP contribution in [-0.4, -0.2) is 46.9 Å². The maximum atomic E-state index is 11.1. The Bertz CT molecular complexity index is 840. The number of aromatic nitrogens is 2. The van der Waals surface area contributed by atoms with Crippen LogP contribution in [0, 0.1) is 6.92 Å². The van der Waals surface area contributed by atoms with E-state index < -0.39 is 0 Å². The summed E-state index contributed by atoms with van der Waals surface area (Å²) in [5.74, 6) is 0.866. The Morgan fingerprint density at radius 1 is 1.28 bits per heavy atom. The lowest BCUT2D eigenvalue weighted by Gasteiger charge is -2.29. The van der Waals surface area contributed by atoms with Crippen LogP contribution in [0.1, 0.15) is 52.0 Å². The molecule has 2 aromatic rings. The molecule has 0 bridgehead atoms.